The third kappa shape index (κ3) is 2.44. The fourth-order valence-electron chi connectivity index (χ4n) is 3.38. The predicted octanol–water partition coefficient (Wildman–Crippen LogP) is 6.12. The van der Waals surface area contributed by atoms with Crippen LogP contribution in [0.2, 0.25) is 0 Å². The molecule has 25 heavy (non-hydrogen) atoms. The van der Waals surface area contributed by atoms with Crippen molar-refractivity contribution in [1.82, 2.24) is 9.55 Å². The van der Waals surface area contributed by atoms with Gasteiger partial charge >= 0.3 is 0 Å². The summed E-state index contributed by atoms with van der Waals surface area (Å²) >= 11 is 1.67. The smallest absolute Gasteiger partial charge is 0.0797 e. The van der Waals surface area contributed by atoms with Crippen LogP contribution in [0.4, 0.5) is 0 Å². The first-order chi connectivity index (χ1) is 12.3. The van der Waals surface area contributed by atoms with E-state index in [2.05, 4.69) is 83.5 Å². The first-order valence-corrected chi connectivity index (χ1v) is 9.14. The van der Waals surface area contributed by atoms with Gasteiger partial charge in [0.05, 0.1) is 10.4 Å². The summed E-state index contributed by atoms with van der Waals surface area (Å²) < 4.78 is 2.17. The average Bonchev–Trinajstić information content (AvgIpc) is 3.31. The predicted molar refractivity (Wildman–Crippen MR) is 107 cm³/mol. The van der Waals surface area contributed by atoms with Crippen LogP contribution in [-0.4, -0.2) is 9.55 Å². The van der Waals surface area contributed by atoms with Crippen LogP contribution in [0, 0.1) is 0 Å². The first-order valence-electron chi connectivity index (χ1n) is 8.26. The fourth-order valence-corrected chi connectivity index (χ4v) is 4.00. The Bertz CT molecular complexity index is 1200. The molecule has 0 fully saturated rings. The SMILES string of the molecule is Cn1ccc2ccc(-c3ccc4cc(-c5cncs5)ccc4c3)cc21. The zero-order valence-electron chi connectivity index (χ0n) is 13.8. The molecule has 3 aromatic carbocycles. The van der Waals surface area contributed by atoms with E-state index in [-0.39, 0.29) is 0 Å². The zero-order chi connectivity index (χ0) is 16.8. The summed E-state index contributed by atoms with van der Waals surface area (Å²) in [6.45, 7) is 0. The fraction of sp³-hybridized carbons (Fsp3) is 0.0455. The van der Waals surface area contributed by atoms with Gasteiger partial charge in [0.25, 0.3) is 0 Å². The summed E-state index contributed by atoms with van der Waals surface area (Å²) in [5.74, 6) is 0. The molecule has 0 amide bonds. The molecule has 120 valence electrons. The third-order valence-electron chi connectivity index (χ3n) is 4.78. The Morgan fingerprint density at radius 2 is 1.44 bits per heavy atom. The normalized spacial score (nSPS) is 11.4. The summed E-state index contributed by atoms with van der Waals surface area (Å²) in [6, 6.07) is 22.1. The van der Waals surface area contributed by atoms with E-state index in [9.17, 15) is 0 Å². The van der Waals surface area contributed by atoms with Crippen LogP contribution in [0.15, 0.2) is 78.6 Å². The number of aromatic nitrogens is 2. The maximum atomic E-state index is 4.18. The molecule has 2 nitrogen and oxygen atoms in total. The number of rotatable bonds is 2. The van der Waals surface area contributed by atoms with Gasteiger partial charge in [0.15, 0.2) is 0 Å². The molecule has 0 bridgehead atoms. The van der Waals surface area contributed by atoms with Crippen LogP contribution >= 0.6 is 11.3 Å². The van der Waals surface area contributed by atoms with Gasteiger partial charge in [-0.05, 0) is 57.1 Å². The van der Waals surface area contributed by atoms with Crippen molar-refractivity contribution in [1.29, 1.82) is 0 Å². The molecule has 0 spiro atoms. The lowest BCUT2D eigenvalue weighted by molar-refractivity contribution is 0.969. The summed E-state index contributed by atoms with van der Waals surface area (Å²) in [4.78, 5) is 5.38. The van der Waals surface area contributed by atoms with Gasteiger partial charge in [0.1, 0.15) is 0 Å². The van der Waals surface area contributed by atoms with Crippen molar-refractivity contribution in [3.63, 3.8) is 0 Å². The van der Waals surface area contributed by atoms with Gasteiger partial charge in [-0.2, -0.15) is 0 Å². The Kier molecular flexibility index (Phi) is 3.22. The van der Waals surface area contributed by atoms with E-state index >= 15 is 0 Å². The van der Waals surface area contributed by atoms with Gasteiger partial charge in [-0.15, -0.1) is 11.3 Å². The lowest BCUT2D eigenvalue weighted by atomic mass is 9.99. The standard InChI is InChI=1S/C22H16N2S/c1-24-9-8-15-2-3-19(12-21(15)24)17-4-5-18-11-20(7-6-16(18)10-17)22-13-23-14-25-22/h2-14H,1H3. The molecule has 0 saturated heterocycles. The Morgan fingerprint density at radius 1 is 0.760 bits per heavy atom. The number of benzene rings is 3. The number of hydrogen-bond acceptors (Lipinski definition) is 2. The lowest BCUT2D eigenvalue weighted by Crippen LogP contribution is -1.85. The number of nitrogens with zero attached hydrogens (tertiary/aromatic N) is 2. The quantitative estimate of drug-likeness (QED) is 0.378. The van der Waals surface area contributed by atoms with Gasteiger partial charge in [0, 0.05) is 25.0 Å². The molecule has 0 N–H and O–H groups in total. The van der Waals surface area contributed by atoms with Gasteiger partial charge in [0.2, 0.25) is 0 Å². The average molecular weight is 340 g/mol. The molecule has 2 heterocycles. The van der Waals surface area contributed by atoms with Crippen molar-refractivity contribution in [2.45, 2.75) is 0 Å². The van der Waals surface area contributed by atoms with Gasteiger partial charge < -0.3 is 4.57 Å². The summed E-state index contributed by atoms with van der Waals surface area (Å²) in [5.41, 5.74) is 6.87. The molecule has 0 aliphatic heterocycles. The van der Waals surface area contributed by atoms with Crippen LogP contribution in [0.5, 0.6) is 0 Å². The van der Waals surface area contributed by atoms with E-state index in [1.807, 2.05) is 11.7 Å². The molecule has 0 aliphatic carbocycles. The minimum Gasteiger partial charge on any atom is -0.351 e. The summed E-state index contributed by atoms with van der Waals surface area (Å²) in [6.07, 6.45) is 4.03. The van der Waals surface area contributed by atoms with Gasteiger partial charge in [-0.1, -0.05) is 36.4 Å². The highest BCUT2D eigenvalue weighted by Crippen LogP contribution is 2.31. The highest BCUT2D eigenvalue weighted by Gasteiger charge is 2.05. The molecule has 0 saturated carbocycles. The Morgan fingerprint density at radius 3 is 2.20 bits per heavy atom. The highest BCUT2D eigenvalue weighted by atomic mass is 32.1. The van der Waals surface area contributed by atoms with E-state index in [1.54, 1.807) is 11.3 Å². The molecule has 5 aromatic rings. The minimum atomic E-state index is 1.21. The topological polar surface area (TPSA) is 17.8 Å². The summed E-state index contributed by atoms with van der Waals surface area (Å²) in [7, 11) is 2.09. The monoisotopic (exact) mass is 340 g/mol. The molecule has 3 heteroatoms. The Hall–Kier alpha value is -2.91. The largest absolute Gasteiger partial charge is 0.351 e. The molecule has 0 aliphatic rings. The van der Waals surface area contributed by atoms with Crippen molar-refractivity contribution < 1.29 is 0 Å². The van der Waals surface area contributed by atoms with E-state index < -0.39 is 0 Å². The van der Waals surface area contributed by atoms with Crippen molar-refractivity contribution in [3.8, 4) is 21.6 Å². The molecule has 5 rings (SSSR count). The van der Waals surface area contributed by atoms with E-state index in [0.717, 1.165) is 0 Å². The minimum absolute atomic E-state index is 1.21. The van der Waals surface area contributed by atoms with Crippen LogP contribution in [-0.2, 0) is 7.05 Å². The number of hydrogen-bond donors (Lipinski definition) is 0. The van der Waals surface area contributed by atoms with E-state index in [0.29, 0.717) is 0 Å². The molecule has 0 atom stereocenters. The summed E-state index contributed by atoms with van der Waals surface area (Å²) in [5, 5.41) is 3.80. The van der Waals surface area contributed by atoms with Crippen molar-refractivity contribution in [3.05, 3.63) is 78.6 Å². The number of thiazole rings is 1. The third-order valence-corrected chi connectivity index (χ3v) is 5.60. The van der Waals surface area contributed by atoms with Crippen LogP contribution in [0.1, 0.15) is 0 Å². The molecule has 2 aromatic heterocycles. The lowest BCUT2D eigenvalue weighted by Gasteiger charge is -2.07. The second-order valence-corrected chi connectivity index (χ2v) is 7.23. The molecule has 0 radical (unpaired) electrons. The van der Waals surface area contributed by atoms with Crippen LogP contribution in [0.25, 0.3) is 43.2 Å². The molecule has 0 unspecified atom stereocenters. The van der Waals surface area contributed by atoms with Gasteiger partial charge in [-0.25, -0.2) is 0 Å². The van der Waals surface area contributed by atoms with Crippen molar-refractivity contribution in [2.24, 2.45) is 7.05 Å². The second kappa shape index (κ2) is 5.57. The molecular weight excluding hydrogens is 324 g/mol. The van der Waals surface area contributed by atoms with Crippen LogP contribution < -0.4 is 0 Å². The van der Waals surface area contributed by atoms with E-state index in [1.165, 1.54) is 43.2 Å². The number of fused-ring (bicyclic) bond motifs is 2. The number of aryl methyl sites for hydroxylation is 1. The Labute approximate surface area is 150 Å². The Balaban J connectivity index is 1.61. The maximum Gasteiger partial charge on any atom is 0.0797 e. The second-order valence-electron chi connectivity index (χ2n) is 6.34. The maximum absolute atomic E-state index is 4.18. The van der Waals surface area contributed by atoms with E-state index in [4.69, 9.17) is 0 Å². The van der Waals surface area contributed by atoms with Crippen molar-refractivity contribution in [2.75, 3.05) is 0 Å². The highest BCUT2D eigenvalue weighted by molar-refractivity contribution is 7.13. The first kappa shape index (κ1) is 14.4. The van der Waals surface area contributed by atoms with Gasteiger partial charge in [-0.3, -0.25) is 4.98 Å². The van der Waals surface area contributed by atoms with Crippen LogP contribution in [0.3, 0.4) is 0 Å². The molecular formula is C22H16N2S. The van der Waals surface area contributed by atoms with Crippen molar-refractivity contribution >= 4 is 33.0 Å². The zero-order valence-corrected chi connectivity index (χ0v) is 14.6.